The molecule has 100 valence electrons. The maximum Gasteiger partial charge on any atom is 0.117 e. The van der Waals surface area contributed by atoms with Crippen LogP contribution in [0.4, 0.5) is 11.4 Å². The number of phenols is 1. The van der Waals surface area contributed by atoms with Crippen LogP contribution < -0.4 is 5.32 Å². The SMILES string of the molecule is Cc1cc(Nc2cccc(O)c2)c2cc(Cl)ccc2n1. The summed E-state index contributed by atoms with van der Waals surface area (Å²) in [5.41, 5.74) is 3.54. The highest BCUT2D eigenvalue weighted by Gasteiger charge is 2.05. The van der Waals surface area contributed by atoms with Gasteiger partial charge in [-0.25, -0.2) is 0 Å². The third-order valence-electron chi connectivity index (χ3n) is 3.02. The highest BCUT2D eigenvalue weighted by atomic mass is 35.5. The third-order valence-corrected chi connectivity index (χ3v) is 3.26. The zero-order chi connectivity index (χ0) is 14.1. The lowest BCUT2D eigenvalue weighted by Crippen LogP contribution is -1.94. The van der Waals surface area contributed by atoms with Crippen LogP contribution in [-0.2, 0) is 0 Å². The van der Waals surface area contributed by atoms with Crippen LogP contribution in [0.2, 0.25) is 5.02 Å². The van der Waals surface area contributed by atoms with Gasteiger partial charge in [-0.2, -0.15) is 0 Å². The van der Waals surface area contributed by atoms with Gasteiger partial charge in [-0.05, 0) is 43.3 Å². The lowest BCUT2D eigenvalue weighted by Gasteiger charge is -2.11. The molecule has 2 aromatic carbocycles. The molecule has 0 aliphatic heterocycles. The van der Waals surface area contributed by atoms with Gasteiger partial charge in [0.25, 0.3) is 0 Å². The second-order valence-electron chi connectivity index (χ2n) is 4.65. The van der Waals surface area contributed by atoms with Gasteiger partial charge in [-0.1, -0.05) is 17.7 Å². The summed E-state index contributed by atoms with van der Waals surface area (Å²) >= 11 is 6.06. The Morgan fingerprint density at radius 3 is 2.75 bits per heavy atom. The second kappa shape index (κ2) is 5.02. The van der Waals surface area contributed by atoms with Crippen LogP contribution in [0.25, 0.3) is 10.9 Å². The summed E-state index contributed by atoms with van der Waals surface area (Å²) < 4.78 is 0. The summed E-state index contributed by atoms with van der Waals surface area (Å²) in [6, 6.07) is 14.6. The molecule has 0 atom stereocenters. The van der Waals surface area contributed by atoms with E-state index in [1.165, 1.54) is 0 Å². The van der Waals surface area contributed by atoms with E-state index in [1.54, 1.807) is 18.2 Å². The minimum atomic E-state index is 0.225. The number of aromatic nitrogens is 1. The van der Waals surface area contributed by atoms with Crippen molar-refractivity contribution < 1.29 is 5.11 Å². The Morgan fingerprint density at radius 2 is 1.95 bits per heavy atom. The molecule has 3 nitrogen and oxygen atoms in total. The van der Waals surface area contributed by atoms with Crippen molar-refractivity contribution in [1.29, 1.82) is 0 Å². The zero-order valence-electron chi connectivity index (χ0n) is 10.9. The van der Waals surface area contributed by atoms with Gasteiger partial charge >= 0.3 is 0 Å². The number of rotatable bonds is 2. The number of hydrogen-bond acceptors (Lipinski definition) is 3. The van der Waals surface area contributed by atoms with Gasteiger partial charge in [0.15, 0.2) is 0 Å². The highest BCUT2D eigenvalue weighted by molar-refractivity contribution is 6.31. The number of pyridine rings is 1. The van der Waals surface area contributed by atoms with Gasteiger partial charge < -0.3 is 10.4 Å². The van der Waals surface area contributed by atoms with E-state index in [0.29, 0.717) is 5.02 Å². The van der Waals surface area contributed by atoms with Crippen molar-refractivity contribution in [2.75, 3.05) is 5.32 Å². The first-order chi connectivity index (χ1) is 9.61. The third kappa shape index (κ3) is 2.53. The fraction of sp³-hybridized carbons (Fsp3) is 0.0625. The molecule has 0 unspecified atom stereocenters. The lowest BCUT2D eigenvalue weighted by atomic mass is 10.1. The number of halogens is 1. The van der Waals surface area contributed by atoms with Crippen molar-refractivity contribution in [3.05, 3.63) is 59.2 Å². The van der Waals surface area contributed by atoms with Crippen molar-refractivity contribution >= 4 is 33.9 Å². The maximum absolute atomic E-state index is 9.53. The quantitative estimate of drug-likeness (QED) is 0.720. The van der Waals surface area contributed by atoms with Crippen LogP contribution in [0.15, 0.2) is 48.5 Å². The largest absolute Gasteiger partial charge is 0.508 e. The molecule has 1 heterocycles. The molecule has 3 aromatic rings. The van der Waals surface area contributed by atoms with Gasteiger partial charge in [0.05, 0.1) is 5.52 Å². The van der Waals surface area contributed by atoms with Gasteiger partial charge in [-0.15, -0.1) is 0 Å². The molecule has 0 fully saturated rings. The zero-order valence-corrected chi connectivity index (χ0v) is 11.6. The van der Waals surface area contributed by atoms with Gasteiger partial charge in [-0.3, -0.25) is 4.98 Å². The molecule has 0 spiro atoms. The van der Waals surface area contributed by atoms with Crippen LogP contribution in [-0.4, -0.2) is 10.1 Å². The first kappa shape index (κ1) is 12.8. The minimum Gasteiger partial charge on any atom is -0.508 e. The molecular formula is C16H13ClN2O. The summed E-state index contributed by atoms with van der Waals surface area (Å²) in [5.74, 6) is 0.225. The van der Waals surface area contributed by atoms with Crippen LogP contribution in [0.5, 0.6) is 5.75 Å². The molecule has 1 aromatic heterocycles. The first-order valence-corrected chi connectivity index (χ1v) is 6.62. The van der Waals surface area contributed by atoms with E-state index in [1.807, 2.05) is 37.3 Å². The molecular weight excluding hydrogens is 272 g/mol. The van der Waals surface area contributed by atoms with Gasteiger partial charge in [0, 0.05) is 33.5 Å². The molecule has 2 N–H and O–H groups in total. The Hall–Kier alpha value is -2.26. The molecule has 0 saturated heterocycles. The van der Waals surface area contributed by atoms with E-state index in [9.17, 15) is 5.11 Å². The normalized spacial score (nSPS) is 10.7. The van der Waals surface area contributed by atoms with Crippen LogP contribution >= 0.6 is 11.6 Å². The molecule has 0 amide bonds. The molecule has 0 saturated carbocycles. The summed E-state index contributed by atoms with van der Waals surface area (Å²) in [7, 11) is 0. The Morgan fingerprint density at radius 1 is 1.10 bits per heavy atom. The fourth-order valence-electron chi connectivity index (χ4n) is 2.17. The second-order valence-corrected chi connectivity index (χ2v) is 5.08. The van der Waals surface area contributed by atoms with Crippen LogP contribution in [0.3, 0.4) is 0 Å². The Bertz CT molecular complexity index is 787. The Balaban J connectivity index is 2.12. The number of nitrogens with zero attached hydrogens (tertiary/aromatic N) is 1. The minimum absolute atomic E-state index is 0.225. The molecule has 0 radical (unpaired) electrons. The predicted molar refractivity (Wildman–Crippen MR) is 82.9 cm³/mol. The highest BCUT2D eigenvalue weighted by Crippen LogP contribution is 2.29. The molecule has 20 heavy (non-hydrogen) atoms. The average Bonchev–Trinajstić information content (AvgIpc) is 2.39. The summed E-state index contributed by atoms with van der Waals surface area (Å²) in [5, 5.41) is 14.4. The molecule has 3 rings (SSSR count). The van der Waals surface area contributed by atoms with Crippen molar-refractivity contribution in [2.45, 2.75) is 6.92 Å². The number of phenolic OH excluding ortho intramolecular Hbond substituents is 1. The van der Waals surface area contributed by atoms with Crippen molar-refractivity contribution in [3.63, 3.8) is 0 Å². The van der Waals surface area contributed by atoms with E-state index in [0.717, 1.165) is 28.0 Å². The number of aryl methyl sites for hydroxylation is 1. The van der Waals surface area contributed by atoms with Gasteiger partial charge in [0.1, 0.15) is 5.75 Å². The average molecular weight is 285 g/mol. The van der Waals surface area contributed by atoms with E-state index in [-0.39, 0.29) is 5.75 Å². The predicted octanol–water partition coefficient (Wildman–Crippen LogP) is 4.65. The van der Waals surface area contributed by atoms with Crippen molar-refractivity contribution in [2.24, 2.45) is 0 Å². The molecule has 0 aliphatic rings. The van der Waals surface area contributed by atoms with E-state index in [2.05, 4.69) is 10.3 Å². The number of aromatic hydroxyl groups is 1. The van der Waals surface area contributed by atoms with E-state index >= 15 is 0 Å². The standard InChI is InChI=1S/C16H13ClN2O/c1-10-7-16(19-12-3-2-4-13(20)9-12)14-8-11(17)5-6-15(14)18-10/h2-9,20H,1H3,(H,18,19). The van der Waals surface area contributed by atoms with Crippen LogP contribution in [0, 0.1) is 6.92 Å². The first-order valence-electron chi connectivity index (χ1n) is 6.25. The van der Waals surface area contributed by atoms with Crippen molar-refractivity contribution in [1.82, 2.24) is 4.98 Å². The Labute approximate surface area is 121 Å². The number of anilines is 2. The molecule has 4 heteroatoms. The summed E-state index contributed by atoms with van der Waals surface area (Å²) in [6.45, 7) is 1.95. The lowest BCUT2D eigenvalue weighted by molar-refractivity contribution is 0.475. The van der Waals surface area contributed by atoms with Gasteiger partial charge in [0.2, 0.25) is 0 Å². The number of fused-ring (bicyclic) bond motifs is 1. The monoisotopic (exact) mass is 284 g/mol. The number of benzene rings is 2. The summed E-state index contributed by atoms with van der Waals surface area (Å²) in [4.78, 5) is 4.49. The fourth-order valence-corrected chi connectivity index (χ4v) is 2.35. The number of nitrogens with one attached hydrogen (secondary N) is 1. The topological polar surface area (TPSA) is 45.1 Å². The van der Waals surface area contributed by atoms with E-state index < -0.39 is 0 Å². The van der Waals surface area contributed by atoms with E-state index in [4.69, 9.17) is 11.6 Å². The summed E-state index contributed by atoms with van der Waals surface area (Å²) in [6.07, 6.45) is 0. The number of hydrogen-bond donors (Lipinski definition) is 2. The Kier molecular flexibility index (Phi) is 3.20. The van der Waals surface area contributed by atoms with Crippen LogP contribution in [0.1, 0.15) is 5.69 Å². The molecule has 0 bridgehead atoms. The van der Waals surface area contributed by atoms with Crippen molar-refractivity contribution in [3.8, 4) is 5.75 Å². The smallest absolute Gasteiger partial charge is 0.117 e. The maximum atomic E-state index is 9.53. The molecule has 0 aliphatic carbocycles.